The second-order valence-corrected chi connectivity index (χ2v) is 4.48. The zero-order valence-corrected chi connectivity index (χ0v) is 9.89. The molecule has 1 fully saturated rings. The van der Waals surface area contributed by atoms with Gasteiger partial charge in [-0.3, -0.25) is 0 Å². The van der Waals surface area contributed by atoms with Gasteiger partial charge in [-0.2, -0.15) is 0 Å². The molecule has 0 N–H and O–H groups in total. The Morgan fingerprint density at radius 1 is 1.24 bits per heavy atom. The molecule has 3 rings (SSSR count). The molecule has 2 aliphatic heterocycles. The van der Waals surface area contributed by atoms with Crippen molar-refractivity contribution in [3.8, 4) is 0 Å². The third kappa shape index (κ3) is 2.08. The highest BCUT2D eigenvalue weighted by Crippen LogP contribution is 2.37. The summed E-state index contributed by atoms with van der Waals surface area (Å²) in [6.07, 6.45) is 3.76. The van der Waals surface area contributed by atoms with Gasteiger partial charge in [0.25, 0.3) is 0 Å². The minimum atomic E-state index is -0.570. The molecule has 0 aliphatic carbocycles. The van der Waals surface area contributed by atoms with E-state index in [-0.39, 0.29) is 6.29 Å². The number of hydrogen-bond acceptors (Lipinski definition) is 3. The predicted octanol–water partition coefficient (Wildman–Crippen LogP) is 2.93. The molecule has 0 aromatic heterocycles. The van der Waals surface area contributed by atoms with E-state index in [0.29, 0.717) is 6.61 Å². The van der Waals surface area contributed by atoms with Crippen molar-refractivity contribution >= 4 is 5.76 Å². The van der Waals surface area contributed by atoms with Crippen molar-refractivity contribution in [3.63, 3.8) is 0 Å². The monoisotopic (exact) mass is 232 g/mol. The molecule has 90 valence electrons. The van der Waals surface area contributed by atoms with Crippen molar-refractivity contribution in [2.45, 2.75) is 31.8 Å². The highest BCUT2D eigenvalue weighted by Gasteiger charge is 2.43. The zero-order valence-electron chi connectivity index (χ0n) is 9.89. The van der Waals surface area contributed by atoms with Gasteiger partial charge in [0.1, 0.15) is 12.4 Å². The maximum Gasteiger partial charge on any atom is 0.236 e. The number of allylic oxidation sites excluding steroid dienone is 1. The van der Waals surface area contributed by atoms with E-state index in [0.717, 1.165) is 24.2 Å². The van der Waals surface area contributed by atoms with E-state index >= 15 is 0 Å². The summed E-state index contributed by atoms with van der Waals surface area (Å²) in [7, 11) is 0. The van der Waals surface area contributed by atoms with Gasteiger partial charge in [0.05, 0.1) is 0 Å². The molecule has 0 bridgehead atoms. The van der Waals surface area contributed by atoms with E-state index in [1.807, 2.05) is 37.3 Å². The smallest absolute Gasteiger partial charge is 0.236 e. The van der Waals surface area contributed by atoms with Gasteiger partial charge in [-0.1, -0.05) is 30.3 Å². The molecule has 3 nitrogen and oxygen atoms in total. The fourth-order valence-electron chi connectivity index (χ4n) is 2.29. The van der Waals surface area contributed by atoms with Gasteiger partial charge >= 0.3 is 0 Å². The predicted molar refractivity (Wildman–Crippen MR) is 64.0 cm³/mol. The Hall–Kier alpha value is -1.32. The van der Waals surface area contributed by atoms with E-state index in [1.165, 1.54) is 0 Å². The van der Waals surface area contributed by atoms with Crippen LogP contribution in [0.15, 0.2) is 36.4 Å². The Bertz CT molecular complexity index is 426. The van der Waals surface area contributed by atoms with Crippen molar-refractivity contribution in [1.82, 2.24) is 0 Å². The first-order valence-corrected chi connectivity index (χ1v) is 6.01. The summed E-state index contributed by atoms with van der Waals surface area (Å²) in [4.78, 5) is 0. The Morgan fingerprint density at radius 3 is 2.76 bits per heavy atom. The van der Waals surface area contributed by atoms with Crippen LogP contribution in [-0.4, -0.2) is 18.7 Å². The quantitative estimate of drug-likeness (QED) is 0.745. The number of rotatable bonds is 1. The molecule has 2 unspecified atom stereocenters. The van der Waals surface area contributed by atoms with E-state index < -0.39 is 5.79 Å². The maximum atomic E-state index is 6.01. The summed E-state index contributed by atoms with van der Waals surface area (Å²) >= 11 is 0. The Morgan fingerprint density at radius 2 is 2.06 bits per heavy atom. The summed E-state index contributed by atoms with van der Waals surface area (Å²) in [5.41, 5.74) is 1.09. The molecule has 17 heavy (non-hydrogen) atoms. The van der Waals surface area contributed by atoms with Gasteiger partial charge in [0.15, 0.2) is 6.29 Å². The molecule has 2 atom stereocenters. The van der Waals surface area contributed by atoms with Gasteiger partial charge in [0.2, 0.25) is 5.79 Å². The molecule has 0 radical (unpaired) electrons. The molecule has 0 saturated carbocycles. The number of hydrogen-bond donors (Lipinski definition) is 0. The molecule has 1 saturated heterocycles. The van der Waals surface area contributed by atoms with Crippen LogP contribution in [0, 0.1) is 0 Å². The summed E-state index contributed by atoms with van der Waals surface area (Å²) in [5.74, 6) is 0.328. The van der Waals surface area contributed by atoms with Crippen LogP contribution in [0.5, 0.6) is 0 Å². The van der Waals surface area contributed by atoms with E-state index in [4.69, 9.17) is 14.2 Å². The molecule has 1 aromatic rings. The second-order valence-electron chi connectivity index (χ2n) is 4.48. The summed E-state index contributed by atoms with van der Waals surface area (Å²) in [6, 6.07) is 10.1. The first-order chi connectivity index (χ1) is 8.27. The molecular formula is C14H16O3. The summed E-state index contributed by atoms with van der Waals surface area (Å²) in [5, 5.41) is 0. The summed E-state index contributed by atoms with van der Waals surface area (Å²) < 4.78 is 17.2. The SMILES string of the molecule is CC1OCC2(CCC=C(c3ccccc3)O2)O1. The minimum Gasteiger partial charge on any atom is -0.459 e. The maximum absolute atomic E-state index is 6.01. The van der Waals surface area contributed by atoms with Gasteiger partial charge in [-0.25, -0.2) is 0 Å². The Labute approximate surface area is 101 Å². The van der Waals surface area contributed by atoms with E-state index in [9.17, 15) is 0 Å². The number of benzene rings is 1. The first kappa shape index (κ1) is 10.8. The van der Waals surface area contributed by atoms with E-state index in [1.54, 1.807) is 0 Å². The topological polar surface area (TPSA) is 27.7 Å². The van der Waals surface area contributed by atoms with Crippen LogP contribution in [0.3, 0.4) is 0 Å². The normalized spacial score (nSPS) is 32.3. The zero-order chi connectivity index (χ0) is 11.7. The summed E-state index contributed by atoms with van der Waals surface area (Å²) in [6.45, 7) is 2.41. The standard InChI is InChI=1S/C14H16O3/c1-11-15-10-14(16-11)9-5-8-13(17-14)12-6-3-2-4-7-12/h2-4,6-8,11H,5,9-10H2,1H3. The van der Waals surface area contributed by atoms with Crippen molar-refractivity contribution in [2.75, 3.05) is 6.61 Å². The average Bonchev–Trinajstić information content (AvgIpc) is 2.71. The fourth-order valence-corrected chi connectivity index (χ4v) is 2.29. The third-order valence-corrected chi connectivity index (χ3v) is 3.13. The van der Waals surface area contributed by atoms with Crippen molar-refractivity contribution in [2.24, 2.45) is 0 Å². The van der Waals surface area contributed by atoms with Crippen LogP contribution >= 0.6 is 0 Å². The number of ether oxygens (including phenoxy) is 3. The first-order valence-electron chi connectivity index (χ1n) is 6.01. The van der Waals surface area contributed by atoms with Crippen molar-refractivity contribution in [1.29, 1.82) is 0 Å². The molecule has 3 heteroatoms. The van der Waals surface area contributed by atoms with Crippen LogP contribution in [0.2, 0.25) is 0 Å². The highest BCUT2D eigenvalue weighted by molar-refractivity contribution is 5.60. The molecular weight excluding hydrogens is 216 g/mol. The van der Waals surface area contributed by atoms with Crippen LogP contribution in [0.1, 0.15) is 25.3 Å². The lowest BCUT2D eigenvalue weighted by Gasteiger charge is -2.32. The Kier molecular flexibility index (Phi) is 2.65. The molecule has 1 spiro atoms. The average molecular weight is 232 g/mol. The van der Waals surface area contributed by atoms with Gasteiger partial charge in [-0.05, 0) is 19.4 Å². The molecule has 2 heterocycles. The third-order valence-electron chi connectivity index (χ3n) is 3.13. The molecule has 2 aliphatic rings. The van der Waals surface area contributed by atoms with Crippen LogP contribution in [0.4, 0.5) is 0 Å². The van der Waals surface area contributed by atoms with Gasteiger partial charge < -0.3 is 14.2 Å². The molecule has 0 amide bonds. The van der Waals surface area contributed by atoms with E-state index in [2.05, 4.69) is 6.08 Å². The van der Waals surface area contributed by atoms with Crippen LogP contribution < -0.4 is 0 Å². The van der Waals surface area contributed by atoms with Crippen molar-refractivity contribution in [3.05, 3.63) is 42.0 Å². The Balaban J connectivity index is 1.82. The van der Waals surface area contributed by atoms with Gasteiger partial charge in [-0.15, -0.1) is 0 Å². The minimum absolute atomic E-state index is 0.176. The van der Waals surface area contributed by atoms with Crippen LogP contribution in [-0.2, 0) is 14.2 Å². The second kappa shape index (κ2) is 4.17. The fraction of sp³-hybridized carbons (Fsp3) is 0.429. The van der Waals surface area contributed by atoms with Crippen molar-refractivity contribution < 1.29 is 14.2 Å². The molecule has 1 aromatic carbocycles. The lowest BCUT2D eigenvalue weighted by molar-refractivity contribution is -0.191. The lowest BCUT2D eigenvalue weighted by atomic mass is 10.0. The lowest BCUT2D eigenvalue weighted by Crippen LogP contribution is -2.36. The van der Waals surface area contributed by atoms with Gasteiger partial charge in [0, 0.05) is 12.0 Å². The highest BCUT2D eigenvalue weighted by atomic mass is 16.8. The van der Waals surface area contributed by atoms with Crippen LogP contribution in [0.25, 0.3) is 5.76 Å². The largest absolute Gasteiger partial charge is 0.459 e.